The molecule has 2 fully saturated rings. The summed E-state index contributed by atoms with van der Waals surface area (Å²) in [5.74, 6) is -3.70. The van der Waals surface area contributed by atoms with Crippen LogP contribution in [0.4, 0.5) is 0 Å². The number of nitrogens with zero attached hydrogens (tertiary/aromatic N) is 1. The lowest BCUT2D eigenvalue weighted by Gasteiger charge is -2.30. The summed E-state index contributed by atoms with van der Waals surface area (Å²) < 4.78 is 0. The van der Waals surface area contributed by atoms with E-state index in [0.29, 0.717) is 19.4 Å². The molecule has 0 radical (unpaired) electrons. The Kier molecular flexibility index (Phi) is 8.75. The van der Waals surface area contributed by atoms with Crippen LogP contribution in [0.25, 0.3) is 0 Å². The lowest BCUT2D eigenvalue weighted by atomic mass is 10.1. The Morgan fingerprint density at radius 3 is 2.42 bits per heavy atom. The standard InChI is InChI=1S/C19H31N5O7/c1-10(25)15(18(29)24-9-3-5-13(24)19(30)31)23-17(28)12(6-7-14(20)26)22-16(27)11-4-2-8-21-11/h10-13,15,21,25H,2-9H2,1H3,(H2,20,26)(H,22,27)(H,23,28)(H,30,31). The number of aliphatic hydroxyl groups is 1. The molecule has 2 aliphatic heterocycles. The Morgan fingerprint density at radius 2 is 1.87 bits per heavy atom. The number of primary amides is 1. The SMILES string of the molecule is CC(O)C(NC(=O)C(CCC(N)=O)NC(=O)C1CCCN1)C(=O)N1CCCC1C(=O)O. The zero-order valence-electron chi connectivity index (χ0n) is 17.5. The van der Waals surface area contributed by atoms with E-state index in [1.807, 2.05) is 0 Å². The summed E-state index contributed by atoms with van der Waals surface area (Å²) in [6.45, 7) is 2.17. The van der Waals surface area contributed by atoms with E-state index in [-0.39, 0.29) is 25.8 Å². The average molecular weight is 441 g/mol. The zero-order valence-corrected chi connectivity index (χ0v) is 17.5. The Morgan fingerprint density at radius 1 is 1.16 bits per heavy atom. The normalized spacial score (nSPS) is 23.6. The highest BCUT2D eigenvalue weighted by molar-refractivity contribution is 5.94. The lowest BCUT2D eigenvalue weighted by Crippen LogP contribution is -2.59. The van der Waals surface area contributed by atoms with Gasteiger partial charge in [0.25, 0.3) is 0 Å². The van der Waals surface area contributed by atoms with E-state index in [2.05, 4.69) is 16.0 Å². The fourth-order valence-corrected chi connectivity index (χ4v) is 3.84. The number of carboxylic acid groups (broad SMARTS) is 1. The Bertz CT molecular complexity index is 708. The maximum absolute atomic E-state index is 12.9. The number of likely N-dealkylation sites (tertiary alicyclic amines) is 1. The van der Waals surface area contributed by atoms with Crippen LogP contribution in [0.3, 0.4) is 0 Å². The third kappa shape index (κ3) is 6.62. The quantitative estimate of drug-likeness (QED) is 0.213. The van der Waals surface area contributed by atoms with Gasteiger partial charge in [0.1, 0.15) is 18.1 Å². The van der Waals surface area contributed by atoms with Crippen molar-refractivity contribution in [2.45, 2.75) is 75.7 Å². The topological polar surface area (TPSA) is 191 Å². The molecule has 5 atom stereocenters. The van der Waals surface area contributed by atoms with Crippen molar-refractivity contribution in [1.29, 1.82) is 0 Å². The van der Waals surface area contributed by atoms with E-state index in [1.165, 1.54) is 6.92 Å². The number of carboxylic acids is 1. The summed E-state index contributed by atoms with van der Waals surface area (Å²) in [7, 11) is 0. The third-order valence-corrected chi connectivity index (χ3v) is 5.56. The molecule has 12 nitrogen and oxygen atoms in total. The fourth-order valence-electron chi connectivity index (χ4n) is 3.84. The van der Waals surface area contributed by atoms with Crippen molar-refractivity contribution < 1.29 is 34.2 Å². The molecule has 0 saturated carbocycles. The van der Waals surface area contributed by atoms with Crippen LogP contribution in [0.1, 0.15) is 45.4 Å². The van der Waals surface area contributed by atoms with Crippen molar-refractivity contribution in [1.82, 2.24) is 20.9 Å². The van der Waals surface area contributed by atoms with Crippen molar-refractivity contribution in [3.8, 4) is 0 Å². The zero-order chi connectivity index (χ0) is 23.1. The van der Waals surface area contributed by atoms with Crippen LogP contribution < -0.4 is 21.7 Å². The summed E-state index contributed by atoms with van der Waals surface area (Å²) in [5.41, 5.74) is 5.17. The highest BCUT2D eigenvalue weighted by Gasteiger charge is 2.40. The van der Waals surface area contributed by atoms with E-state index >= 15 is 0 Å². The Balaban J connectivity index is 2.11. The molecule has 0 bridgehead atoms. The first-order chi connectivity index (χ1) is 14.6. The van der Waals surface area contributed by atoms with E-state index in [4.69, 9.17) is 5.73 Å². The van der Waals surface area contributed by atoms with Crippen molar-refractivity contribution in [2.24, 2.45) is 5.73 Å². The van der Waals surface area contributed by atoms with Gasteiger partial charge in [-0.1, -0.05) is 0 Å². The van der Waals surface area contributed by atoms with Crippen molar-refractivity contribution in [2.75, 3.05) is 13.1 Å². The molecule has 12 heteroatoms. The van der Waals surface area contributed by atoms with Gasteiger partial charge in [0, 0.05) is 13.0 Å². The highest BCUT2D eigenvalue weighted by Crippen LogP contribution is 2.19. The number of carbonyl (C=O) groups excluding carboxylic acids is 4. The number of hydrogen-bond donors (Lipinski definition) is 6. The summed E-state index contributed by atoms with van der Waals surface area (Å²) in [6.07, 6.45) is 0.641. The first-order valence-electron chi connectivity index (χ1n) is 10.5. The molecule has 7 N–H and O–H groups in total. The second-order valence-electron chi connectivity index (χ2n) is 7.97. The number of aliphatic carboxylic acids is 1. The van der Waals surface area contributed by atoms with Gasteiger partial charge in [-0.2, -0.15) is 0 Å². The summed E-state index contributed by atoms with van der Waals surface area (Å²) in [5, 5.41) is 27.4. The predicted molar refractivity (Wildman–Crippen MR) is 107 cm³/mol. The molecule has 0 aliphatic carbocycles. The van der Waals surface area contributed by atoms with Crippen LogP contribution in [0, 0.1) is 0 Å². The minimum atomic E-state index is -1.40. The first kappa shape index (κ1) is 24.5. The minimum Gasteiger partial charge on any atom is -0.480 e. The monoisotopic (exact) mass is 441 g/mol. The summed E-state index contributed by atoms with van der Waals surface area (Å²) in [4.78, 5) is 61.9. The second kappa shape index (κ2) is 11.0. The molecule has 31 heavy (non-hydrogen) atoms. The molecule has 0 aromatic heterocycles. The van der Waals surface area contributed by atoms with Gasteiger partial charge in [0.2, 0.25) is 23.6 Å². The maximum atomic E-state index is 12.9. The molecular weight excluding hydrogens is 410 g/mol. The first-order valence-corrected chi connectivity index (χ1v) is 10.5. The van der Waals surface area contributed by atoms with Crippen LogP contribution in [0.2, 0.25) is 0 Å². The van der Waals surface area contributed by atoms with E-state index in [9.17, 15) is 34.2 Å². The molecule has 174 valence electrons. The number of amides is 4. The maximum Gasteiger partial charge on any atom is 0.326 e. The average Bonchev–Trinajstić information content (AvgIpc) is 3.39. The molecule has 4 amide bonds. The van der Waals surface area contributed by atoms with E-state index in [0.717, 1.165) is 11.3 Å². The van der Waals surface area contributed by atoms with Gasteiger partial charge >= 0.3 is 5.97 Å². The van der Waals surface area contributed by atoms with Gasteiger partial charge in [0.05, 0.1) is 12.1 Å². The van der Waals surface area contributed by atoms with Gasteiger partial charge in [-0.15, -0.1) is 0 Å². The van der Waals surface area contributed by atoms with Crippen LogP contribution in [-0.2, 0) is 24.0 Å². The van der Waals surface area contributed by atoms with Crippen LogP contribution in [0.15, 0.2) is 0 Å². The molecular formula is C19H31N5O7. The van der Waals surface area contributed by atoms with E-state index < -0.39 is 59.9 Å². The number of rotatable bonds is 10. The largest absolute Gasteiger partial charge is 0.480 e. The van der Waals surface area contributed by atoms with Gasteiger partial charge < -0.3 is 36.8 Å². The molecule has 5 unspecified atom stereocenters. The number of nitrogens with one attached hydrogen (secondary N) is 3. The van der Waals surface area contributed by atoms with Crippen LogP contribution >= 0.6 is 0 Å². The Labute approximate surface area is 179 Å². The molecule has 2 saturated heterocycles. The van der Waals surface area contributed by atoms with Crippen molar-refractivity contribution in [3.05, 3.63) is 0 Å². The molecule has 0 spiro atoms. The number of hydrogen-bond acceptors (Lipinski definition) is 7. The molecule has 2 heterocycles. The predicted octanol–water partition coefficient (Wildman–Crippen LogP) is -2.57. The smallest absolute Gasteiger partial charge is 0.326 e. The number of nitrogens with two attached hydrogens (primary N) is 1. The Hall–Kier alpha value is -2.73. The van der Waals surface area contributed by atoms with Gasteiger partial charge in [-0.25, -0.2) is 4.79 Å². The highest BCUT2D eigenvalue weighted by atomic mass is 16.4. The second-order valence-corrected chi connectivity index (χ2v) is 7.97. The van der Waals surface area contributed by atoms with Crippen LogP contribution in [-0.4, -0.2) is 88.1 Å². The minimum absolute atomic E-state index is 0.0815. The molecule has 2 aliphatic rings. The molecule has 2 rings (SSSR count). The summed E-state index contributed by atoms with van der Waals surface area (Å²) in [6, 6.07) is -4.03. The van der Waals surface area contributed by atoms with Gasteiger partial charge in [-0.3, -0.25) is 19.2 Å². The molecule has 0 aromatic rings. The third-order valence-electron chi connectivity index (χ3n) is 5.56. The fraction of sp³-hybridized carbons (Fsp3) is 0.737. The van der Waals surface area contributed by atoms with Crippen LogP contribution in [0.5, 0.6) is 0 Å². The van der Waals surface area contributed by atoms with Gasteiger partial charge in [0.15, 0.2) is 0 Å². The molecule has 0 aromatic carbocycles. The number of aliphatic hydroxyl groups excluding tert-OH is 1. The van der Waals surface area contributed by atoms with Crippen molar-refractivity contribution >= 4 is 29.6 Å². The van der Waals surface area contributed by atoms with Crippen molar-refractivity contribution in [3.63, 3.8) is 0 Å². The van der Waals surface area contributed by atoms with Gasteiger partial charge in [-0.05, 0) is 45.6 Å². The lowest BCUT2D eigenvalue weighted by molar-refractivity contribution is -0.150. The summed E-state index contributed by atoms with van der Waals surface area (Å²) >= 11 is 0. The number of carbonyl (C=O) groups is 5. The van der Waals surface area contributed by atoms with E-state index in [1.54, 1.807) is 0 Å².